The minimum atomic E-state index is 0. The normalized spacial score (nSPS) is 10.4. The van der Waals surface area contributed by atoms with E-state index >= 15 is 0 Å². The van der Waals surface area contributed by atoms with Gasteiger partial charge < -0.3 is 15.7 Å². The van der Waals surface area contributed by atoms with Crippen molar-refractivity contribution in [3.8, 4) is 11.5 Å². The minimum Gasteiger partial charge on any atom is -0.504 e. The molecule has 0 saturated heterocycles. The van der Waals surface area contributed by atoms with Gasteiger partial charge in [-0.3, -0.25) is 0 Å². The number of hydrazone groups is 1. The van der Waals surface area contributed by atoms with Gasteiger partial charge in [0, 0.05) is 0 Å². The van der Waals surface area contributed by atoms with Gasteiger partial charge in [0.25, 0.3) is 5.95 Å². The fourth-order valence-electron chi connectivity index (χ4n) is 1.43. The molecule has 1 aromatic heterocycles. The van der Waals surface area contributed by atoms with E-state index in [1.165, 1.54) is 11.8 Å². The Labute approximate surface area is 140 Å². The number of nitrogens with one attached hydrogen (secondary N) is 1. The maximum atomic E-state index is 9.73. The fraction of sp³-hybridized carbons (Fsp3) is 0.182. The molecule has 0 bridgehead atoms. The van der Waals surface area contributed by atoms with Crippen molar-refractivity contribution >= 4 is 47.2 Å². The molecule has 0 atom stereocenters. The van der Waals surface area contributed by atoms with Crippen molar-refractivity contribution in [1.82, 2.24) is 14.9 Å². The summed E-state index contributed by atoms with van der Waals surface area (Å²) in [5.74, 6) is 7.07. The second kappa shape index (κ2) is 7.31. The predicted molar refractivity (Wildman–Crippen MR) is 90.7 cm³/mol. The largest absolute Gasteiger partial charge is 0.504 e. The van der Waals surface area contributed by atoms with Crippen LogP contribution in [-0.4, -0.2) is 33.3 Å². The average Bonchev–Trinajstić information content (AvgIpc) is 2.74. The lowest BCUT2D eigenvalue weighted by Gasteiger charge is -2.06. The Hall–Kier alpha value is -1.75. The van der Waals surface area contributed by atoms with E-state index in [1.807, 2.05) is 22.6 Å². The first-order chi connectivity index (χ1) is 9.52. The number of anilines is 1. The molecule has 114 valence electrons. The Morgan fingerprint density at radius 2 is 2.19 bits per heavy atom. The van der Waals surface area contributed by atoms with Crippen LogP contribution in [0.15, 0.2) is 17.2 Å². The number of nitrogen functional groups attached to an aromatic ring is 1. The third kappa shape index (κ3) is 3.88. The van der Waals surface area contributed by atoms with E-state index in [-0.39, 0.29) is 18.2 Å². The van der Waals surface area contributed by atoms with E-state index in [0.29, 0.717) is 21.1 Å². The van der Waals surface area contributed by atoms with E-state index in [2.05, 4.69) is 20.7 Å². The molecule has 0 radical (unpaired) electrons. The molecule has 4 N–H and O–H groups in total. The van der Waals surface area contributed by atoms with Gasteiger partial charge in [-0.25, -0.2) is 10.1 Å². The molecule has 0 spiro atoms. The quantitative estimate of drug-likeness (QED) is 0.297. The lowest BCUT2D eigenvalue weighted by atomic mass is 10.2. The molecule has 0 fully saturated rings. The maximum absolute atomic E-state index is 9.73. The Balaban J connectivity index is 0.00000220. The summed E-state index contributed by atoms with van der Waals surface area (Å²) in [5, 5.41) is 21.3. The second-order valence-corrected chi connectivity index (χ2v) is 5.03. The highest BCUT2D eigenvalue weighted by Gasteiger charge is 2.07. The highest BCUT2D eigenvalue weighted by Crippen LogP contribution is 2.31. The molecule has 2 aromatic rings. The van der Waals surface area contributed by atoms with Gasteiger partial charge in [-0.15, -0.1) is 22.6 Å². The van der Waals surface area contributed by atoms with Crippen LogP contribution in [0.1, 0.15) is 11.4 Å². The number of ether oxygens (including phenoxy) is 1. The van der Waals surface area contributed by atoms with Crippen molar-refractivity contribution in [3.05, 3.63) is 27.1 Å². The standard InChI is InChI=1S/C11H13IN6O2.ClH/c1-6-15-17-11(18(6)13)16-14-5-7-3-8(12)10(19)9(4-7)20-2;/h3-5,19H,13H2,1-2H3,(H,16,17);1H/b14-5+;. The molecule has 10 heteroatoms. The molecule has 0 unspecified atom stereocenters. The molecule has 0 amide bonds. The minimum absolute atomic E-state index is 0. The summed E-state index contributed by atoms with van der Waals surface area (Å²) in [4.78, 5) is 0. The predicted octanol–water partition coefficient (Wildman–Crippen LogP) is 1.49. The first-order valence-electron chi connectivity index (χ1n) is 5.55. The number of rotatable bonds is 4. The summed E-state index contributed by atoms with van der Waals surface area (Å²) in [6.07, 6.45) is 1.56. The smallest absolute Gasteiger partial charge is 0.263 e. The van der Waals surface area contributed by atoms with Crippen molar-refractivity contribution < 1.29 is 9.84 Å². The number of benzene rings is 1. The number of phenols is 1. The number of nitrogens with zero attached hydrogens (tertiary/aromatic N) is 4. The van der Waals surface area contributed by atoms with Crippen LogP contribution < -0.4 is 16.0 Å². The van der Waals surface area contributed by atoms with Crippen LogP contribution in [0.3, 0.4) is 0 Å². The first kappa shape index (κ1) is 17.3. The number of hydrogen-bond donors (Lipinski definition) is 3. The van der Waals surface area contributed by atoms with Crippen molar-refractivity contribution in [2.45, 2.75) is 6.92 Å². The van der Waals surface area contributed by atoms with Crippen molar-refractivity contribution in [3.63, 3.8) is 0 Å². The monoisotopic (exact) mass is 424 g/mol. The topological polar surface area (TPSA) is 111 Å². The van der Waals surface area contributed by atoms with Crippen LogP contribution in [0.25, 0.3) is 0 Å². The van der Waals surface area contributed by atoms with Gasteiger partial charge in [-0.2, -0.15) is 5.10 Å². The van der Waals surface area contributed by atoms with Gasteiger partial charge in [0.1, 0.15) is 0 Å². The van der Waals surface area contributed by atoms with Crippen molar-refractivity contribution in [2.75, 3.05) is 18.4 Å². The van der Waals surface area contributed by atoms with Gasteiger partial charge in [-0.1, -0.05) is 0 Å². The second-order valence-electron chi connectivity index (χ2n) is 3.86. The molecule has 0 aliphatic heterocycles. The summed E-state index contributed by atoms with van der Waals surface area (Å²) < 4.78 is 7.03. The Morgan fingerprint density at radius 3 is 2.76 bits per heavy atom. The lowest BCUT2D eigenvalue weighted by molar-refractivity contribution is 0.371. The van der Waals surface area contributed by atoms with Gasteiger partial charge in [0.2, 0.25) is 0 Å². The van der Waals surface area contributed by atoms with Gasteiger partial charge in [-0.05, 0) is 47.2 Å². The van der Waals surface area contributed by atoms with E-state index in [9.17, 15) is 5.11 Å². The zero-order valence-electron chi connectivity index (χ0n) is 11.2. The van der Waals surface area contributed by atoms with Gasteiger partial charge >= 0.3 is 0 Å². The third-order valence-electron chi connectivity index (χ3n) is 2.52. The number of aryl methyl sites for hydroxylation is 1. The molecule has 1 aromatic carbocycles. The maximum Gasteiger partial charge on any atom is 0.263 e. The lowest BCUT2D eigenvalue weighted by Crippen LogP contribution is -2.13. The Kier molecular flexibility index (Phi) is 6.03. The molecule has 21 heavy (non-hydrogen) atoms. The molecule has 0 aliphatic rings. The Morgan fingerprint density at radius 1 is 1.48 bits per heavy atom. The summed E-state index contributed by atoms with van der Waals surface area (Å²) in [7, 11) is 1.49. The number of phenolic OH excluding ortho intramolecular Hbond substituents is 1. The van der Waals surface area contributed by atoms with Crippen LogP contribution in [0.5, 0.6) is 11.5 Å². The summed E-state index contributed by atoms with van der Waals surface area (Å²) in [6, 6.07) is 3.43. The van der Waals surface area contributed by atoms with Crippen LogP contribution >= 0.6 is 35.0 Å². The average molecular weight is 425 g/mol. The van der Waals surface area contributed by atoms with Crippen LogP contribution in [0.2, 0.25) is 0 Å². The Bertz CT molecular complexity index is 660. The zero-order chi connectivity index (χ0) is 14.7. The number of halogens is 2. The van der Waals surface area contributed by atoms with Crippen LogP contribution in [0.4, 0.5) is 5.95 Å². The van der Waals surface area contributed by atoms with E-state index in [0.717, 1.165) is 5.56 Å². The zero-order valence-corrected chi connectivity index (χ0v) is 14.2. The third-order valence-corrected chi connectivity index (χ3v) is 3.34. The SMILES string of the molecule is COc1cc(/C=N/Nc2nnc(C)n2N)cc(I)c1O.Cl. The molecule has 1 heterocycles. The van der Waals surface area contributed by atoms with Gasteiger partial charge in [0.05, 0.1) is 16.9 Å². The molecular formula is C11H14ClIN6O2. The number of aromatic hydroxyl groups is 1. The van der Waals surface area contributed by atoms with Crippen LogP contribution in [-0.2, 0) is 0 Å². The molecule has 2 rings (SSSR count). The van der Waals surface area contributed by atoms with E-state index < -0.39 is 0 Å². The van der Waals surface area contributed by atoms with E-state index in [4.69, 9.17) is 10.6 Å². The number of nitrogens with two attached hydrogens (primary N) is 1. The fourth-order valence-corrected chi connectivity index (χ4v) is 2.06. The van der Waals surface area contributed by atoms with Crippen molar-refractivity contribution in [1.29, 1.82) is 0 Å². The van der Waals surface area contributed by atoms with Gasteiger partial charge in [0.15, 0.2) is 17.3 Å². The molecule has 8 nitrogen and oxygen atoms in total. The molecular weight excluding hydrogens is 411 g/mol. The molecule has 0 aliphatic carbocycles. The number of hydrogen-bond acceptors (Lipinski definition) is 7. The summed E-state index contributed by atoms with van der Waals surface area (Å²) in [5.41, 5.74) is 3.44. The van der Waals surface area contributed by atoms with Crippen LogP contribution in [0, 0.1) is 10.5 Å². The van der Waals surface area contributed by atoms with E-state index in [1.54, 1.807) is 25.3 Å². The number of aromatic nitrogens is 3. The highest BCUT2D eigenvalue weighted by atomic mass is 127. The summed E-state index contributed by atoms with van der Waals surface area (Å²) >= 11 is 2.01. The number of methoxy groups -OCH3 is 1. The highest BCUT2D eigenvalue weighted by molar-refractivity contribution is 14.1. The van der Waals surface area contributed by atoms with Crippen molar-refractivity contribution in [2.24, 2.45) is 5.10 Å². The summed E-state index contributed by atoms with van der Waals surface area (Å²) in [6.45, 7) is 1.73. The molecule has 0 saturated carbocycles. The first-order valence-corrected chi connectivity index (χ1v) is 6.63.